The molecule has 1 aliphatic heterocycles. The number of ether oxygens (including phenoxy) is 1. The van der Waals surface area contributed by atoms with Gasteiger partial charge in [0.05, 0.1) is 0 Å². The van der Waals surface area contributed by atoms with Crippen LogP contribution in [-0.2, 0) is 4.74 Å². The molecular weight excluding hydrogens is 202 g/mol. The first kappa shape index (κ1) is 10.4. The quantitative estimate of drug-likeness (QED) is 0.685. The predicted octanol–water partition coefficient (Wildman–Crippen LogP) is 2.99. The Morgan fingerprint density at radius 1 is 0.938 bits per heavy atom. The fraction of sp³-hybridized carbons (Fsp3) is 0.923. The SMILES string of the molecule is O=C1NCCC2(CCC3(CCCC3)CC2)O1. The topological polar surface area (TPSA) is 38.3 Å². The summed E-state index contributed by atoms with van der Waals surface area (Å²) in [4.78, 5) is 11.3. The van der Waals surface area contributed by atoms with Crippen molar-refractivity contribution in [2.75, 3.05) is 6.54 Å². The Morgan fingerprint density at radius 3 is 2.25 bits per heavy atom. The molecule has 1 saturated heterocycles. The molecule has 0 unspecified atom stereocenters. The van der Waals surface area contributed by atoms with Gasteiger partial charge in [-0.25, -0.2) is 4.79 Å². The minimum absolute atomic E-state index is 0.101. The molecule has 1 N–H and O–H groups in total. The second-order valence-electron chi connectivity index (χ2n) is 5.96. The molecule has 3 heteroatoms. The molecule has 3 aliphatic rings. The van der Waals surface area contributed by atoms with Gasteiger partial charge in [-0.3, -0.25) is 0 Å². The van der Waals surface area contributed by atoms with E-state index in [1.165, 1.54) is 38.5 Å². The summed E-state index contributed by atoms with van der Waals surface area (Å²) in [6.45, 7) is 0.797. The van der Waals surface area contributed by atoms with E-state index in [4.69, 9.17) is 4.74 Å². The maximum absolute atomic E-state index is 11.3. The Bertz CT molecular complexity index is 284. The molecule has 1 heterocycles. The molecule has 2 spiro atoms. The minimum Gasteiger partial charge on any atom is -0.443 e. The van der Waals surface area contributed by atoms with Crippen molar-refractivity contribution in [1.82, 2.24) is 5.32 Å². The number of alkyl carbamates (subject to hydrolysis) is 1. The van der Waals surface area contributed by atoms with E-state index in [0.717, 1.165) is 25.8 Å². The molecule has 0 atom stereocenters. The van der Waals surface area contributed by atoms with Crippen molar-refractivity contribution in [3.05, 3.63) is 0 Å². The van der Waals surface area contributed by atoms with Crippen molar-refractivity contribution >= 4 is 6.09 Å². The fourth-order valence-electron chi connectivity index (χ4n) is 3.89. The summed E-state index contributed by atoms with van der Waals surface area (Å²) in [5, 5.41) is 2.75. The summed E-state index contributed by atoms with van der Waals surface area (Å²) in [6, 6.07) is 0. The summed E-state index contributed by atoms with van der Waals surface area (Å²) in [5.41, 5.74) is 0.526. The number of amides is 1. The number of hydrogen-bond acceptors (Lipinski definition) is 2. The molecule has 0 radical (unpaired) electrons. The van der Waals surface area contributed by atoms with Crippen molar-refractivity contribution in [3.8, 4) is 0 Å². The van der Waals surface area contributed by atoms with Gasteiger partial charge in [-0.2, -0.15) is 0 Å². The normalized spacial score (nSPS) is 31.4. The van der Waals surface area contributed by atoms with E-state index in [0.29, 0.717) is 5.41 Å². The Labute approximate surface area is 96.9 Å². The zero-order valence-corrected chi connectivity index (χ0v) is 9.89. The number of carbonyl (C=O) groups excluding carboxylic acids is 1. The van der Waals surface area contributed by atoms with Gasteiger partial charge in [0, 0.05) is 13.0 Å². The molecular formula is C13H21NO2. The predicted molar refractivity (Wildman–Crippen MR) is 61.2 cm³/mol. The summed E-state index contributed by atoms with van der Waals surface area (Å²) in [6.07, 6.45) is 11.2. The van der Waals surface area contributed by atoms with Crippen LogP contribution in [0.5, 0.6) is 0 Å². The monoisotopic (exact) mass is 223 g/mol. The van der Waals surface area contributed by atoms with Gasteiger partial charge >= 0.3 is 6.09 Å². The Balaban J connectivity index is 1.66. The van der Waals surface area contributed by atoms with Gasteiger partial charge in [0.25, 0.3) is 0 Å². The smallest absolute Gasteiger partial charge is 0.407 e. The molecule has 2 aliphatic carbocycles. The summed E-state index contributed by atoms with van der Waals surface area (Å²) in [7, 11) is 0. The summed E-state index contributed by atoms with van der Waals surface area (Å²) < 4.78 is 5.57. The lowest BCUT2D eigenvalue weighted by atomic mass is 9.66. The molecule has 0 aromatic heterocycles. The highest BCUT2D eigenvalue weighted by atomic mass is 16.6. The first-order valence-electron chi connectivity index (χ1n) is 6.69. The van der Waals surface area contributed by atoms with Gasteiger partial charge in [-0.15, -0.1) is 0 Å². The van der Waals surface area contributed by atoms with E-state index < -0.39 is 0 Å². The van der Waals surface area contributed by atoms with Gasteiger partial charge in [0.2, 0.25) is 0 Å². The first-order chi connectivity index (χ1) is 7.72. The lowest BCUT2D eigenvalue weighted by molar-refractivity contribution is -0.0629. The molecule has 16 heavy (non-hydrogen) atoms. The highest BCUT2D eigenvalue weighted by molar-refractivity contribution is 5.68. The van der Waals surface area contributed by atoms with Gasteiger partial charge in [-0.1, -0.05) is 12.8 Å². The van der Waals surface area contributed by atoms with Crippen LogP contribution in [0.3, 0.4) is 0 Å². The van der Waals surface area contributed by atoms with Crippen molar-refractivity contribution in [2.24, 2.45) is 5.41 Å². The number of nitrogens with one attached hydrogen (secondary N) is 1. The molecule has 3 nitrogen and oxygen atoms in total. The van der Waals surface area contributed by atoms with Gasteiger partial charge in [0.1, 0.15) is 5.60 Å². The summed E-state index contributed by atoms with van der Waals surface area (Å²) in [5.74, 6) is 0. The van der Waals surface area contributed by atoms with Crippen molar-refractivity contribution in [3.63, 3.8) is 0 Å². The molecule has 90 valence electrons. The van der Waals surface area contributed by atoms with E-state index >= 15 is 0 Å². The second kappa shape index (κ2) is 3.64. The van der Waals surface area contributed by atoms with Crippen LogP contribution in [0.25, 0.3) is 0 Å². The maximum Gasteiger partial charge on any atom is 0.407 e. The molecule has 2 saturated carbocycles. The molecule has 0 aromatic rings. The zero-order valence-electron chi connectivity index (χ0n) is 9.89. The van der Waals surface area contributed by atoms with Crippen LogP contribution in [0, 0.1) is 5.41 Å². The summed E-state index contributed by atoms with van der Waals surface area (Å²) >= 11 is 0. The Morgan fingerprint density at radius 2 is 1.62 bits per heavy atom. The largest absolute Gasteiger partial charge is 0.443 e. The lowest BCUT2D eigenvalue weighted by Crippen LogP contribution is -2.50. The van der Waals surface area contributed by atoms with Crippen molar-refractivity contribution in [2.45, 2.75) is 63.4 Å². The van der Waals surface area contributed by atoms with Gasteiger partial charge in [0.15, 0.2) is 0 Å². The maximum atomic E-state index is 11.3. The van der Waals surface area contributed by atoms with E-state index in [9.17, 15) is 4.79 Å². The van der Waals surface area contributed by atoms with Crippen LogP contribution in [0.1, 0.15) is 57.8 Å². The molecule has 0 aromatic carbocycles. The molecule has 3 rings (SSSR count). The molecule has 0 bridgehead atoms. The van der Waals surface area contributed by atoms with Crippen LogP contribution in [-0.4, -0.2) is 18.2 Å². The van der Waals surface area contributed by atoms with Crippen LogP contribution in [0.4, 0.5) is 4.79 Å². The first-order valence-corrected chi connectivity index (χ1v) is 6.69. The number of hydrogen-bond donors (Lipinski definition) is 1. The van der Waals surface area contributed by atoms with E-state index in [1.807, 2.05) is 0 Å². The zero-order chi connectivity index (χ0) is 11.1. The highest BCUT2D eigenvalue weighted by Gasteiger charge is 2.46. The average Bonchev–Trinajstić information content (AvgIpc) is 2.73. The van der Waals surface area contributed by atoms with Gasteiger partial charge < -0.3 is 10.1 Å². The Kier molecular flexibility index (Phi) is 2.37. The lowest BCUT2D eigenvalue weighted by Gasteiger charge is -2.46. The second-order valence-corrected chi connectivity index (χ2v) is 5.96. The third-order valence-corrected chi connectivity index (χ3v) is 5.05. The van der Waals surface area contributed by atoms with Crippen molar-refractivity contribution < 1.29 is 9.53 Å². The fourth-order valence-corrected chi connectivity index (χ4v) is 3.89. The average molecular weight is 223 g/mol. The van der Waals surface area contributed by atoms with Crippen LogP contribution < -0.4 is 5.32 Å². The van der Waals surface area contributed by atoms with Crippen LogP contribution in [0.2, 0.25) is 0 Å². The van der Waals surface area contributed by atoms with Crippen LogP contribution >= 0.6 is 0 Å². The highest BCUT2D eigenvalue weighted by Crippen LogP contribution is 2.52. The van der Waals surface area contributed by atoms with E-state index in [-0.39, 0.29) is 11.7 Å². The third-order valence-electron chi connectivity index (χ3n) is 5.05. The van der Waals surface area contributed by atoms with Crippen molar-refractivity contribution in [1.29, 1.82) is 0 Å². The molecule has 1 amide bonds. The number of rotatable bonds is 0. The van der Waals surface area contributed by atoms with Gasteiger partial charge in [-0.05, 0) is 43.9 Å². The van der Waals surface area contributed by atoms with E-state index in [2.05, 4.69) is 5.32 Å². The Hall–Kier alpha value is -0.730. The third kappa shape index (κ3) is 1.70. The minimum atomic E-state index is -0.200. The standard InChI is InChI=1S/C13H21NO2/c15-11-14-10-9-13(16-11)7-5-12(6-8-13)3-1-2-4-12/h1-10H2,(H,14,15). The number of carbonyl (C=O) groups is 1. The molecule has 3 fully saturated rings. The van der Waals surface area contributed by atoms with Crippen LogP contribution in [0.15, 0.2) is 0 Å². The van der Waals surface area contributed by atoms with E-state index in [1.54, 1.807) is 0 Å².